The van der Waals surface area contributed by atoms with Crippen LogP contribution in [0.1, 0.15) is 13.8 Å². The lowest BCUT2D eigenvalue weighted by atomic mass is 10.2. The first-order chi connectivity index (χ1) is 12.5. The first kappa shape index (κ1) is 17.9. The summed E-state index contributed by atoms with van der Waals surface area (Å²) in [7, 11) is 1.84. The molecule has 0 atom stereocenters. The number of benzene rings is 1. The number of hydrogen-bond donors (Lipinski definition) is 0. The molecule has 9 nitrogen and oxygen atoms in total. The van der Waals surface area contributed by atoms with E-state index >= 15 is 0 Å². The van der Waals surface area contributed by atoms with Crippen LogP contribution in [-0.4, -0.2) is 53.3 Å². The minimum Gasteiger partial charge on any atom is -0.474 e. The smallest absolute Gasteiger partial charge is 0.273 e. The van der Waals surface area contributed by atoms with Crippen LogP contribution in [0, 0.1) is 10.1 Å². The minimum atomic E-state index is -0.453. The Hall–Kier alpha value is -2.94. The Morgan fingerprint density at radius 2 is 2.08 bits per heavy atom. The van der Waals surface area contributed by atoms with Gasteiger partial charge in [0.2, 0.25) is 0 Å². The largest absolute Gasteiger partial charge is 0.474 e. The molecule has 1 aromatic carbocycles. The lowest BCUT2D eigenvalue weighted by molar-refractivity contribution is -0.384. The van der Waals surface area contributed by atoms with Gasteiger partial charge in [-0.05, 0) is 19.2 Å². The molecule has 0 saturated carbocycles. The van der Waals surface area contributed by atoms with Crippen LogP contribution in [-0.2, 0) is 0 Å². The van der Waals surface area contributed by atoms with Gasteiger partial charge in [0, 0.05) is 19.7 Å². The van der Waals surface area contributed by atoms with E-state index in [1.165, 1.54) is 18.3 Å². The standard InChI is InChI=1S/C17H21N5O4/c1-4-21(5-2)8-9-25-17-16-15(11-18-19-17)26-14-10-12(22(23)24)6-7-13(14)20(16)3/h6-7,10-11H,4-5,8-9H2,1-3H3. The predicted molar refractivity (Wildman–Crippen MR) is 96.5 cm³/mol. The van der Waals surface area contributed by atoms with Crippen molar-refractivity contribution >= 4 is 17.1 Å². The number of fused-ring (bicyclic) bond motifs is 2. The molecule has 0 unspecified atom stereocenters. The molecule has 138 valence electrons. The maximum atomic E-state index is 11.0. The van der Waals surface area contributed by atoms with Gasteiger partial charge in [-0.1, -0.05) is 13.8 Å². The second-order valence-corrected chi connectivity index (χ2v) is 5.81. The molecule has 1 aromatic heterocycles. The van der Waals surface area contributed by atoms with Crippen molar-refractivity contribution < 1.29 is 14.4 Å². The number of nitrogens with zero attached hydrogens (tertiary/aromatic N) is 5. The molecule has 9 heteroatoms. The number of nitro groups is 1. The Kier molecular flexibility index (Phi) is 5.17. The molecule has 0 saturated heterocycles. The summed E-state index contributed by atoms with van der Waals surface area (Å²) in [6.07, 6.45) is 1.48. The van der Waals surface area contributed by atoms with Gasteiger partial charge in [-0.25, -0.2) is 0 Å². The summed E-state index contributed by atoms with van der Waals surface area (Å²) in [4.78, 5) is 14.6. The summed E-state index contributed by atoms with van der Waals surface area (Å²) in [5, 5.41) is 19.0. The predicted octanol–water partition coefficient (Wildman–Crippen LogP) is 2.98. The van der Waals surface area contributed by atoms with E-state index in [-0.39, 0.29) is 5.69 Å². The Balaban J connectivity index is 1.84. The SMILES string of the molecule is CCN(CC)CCOc1nncc2c1N(C)c1ccc([N+](=O)[O-])cc1O2. The first-order valence-corrected chi connectivity index (χ1v) is 8.46. The van der Waals surface area contributed by atoms with E-state index in [2.05, 4.69) is 28.9 Å². The monoisotopic (exact) mass is 359 g/mol. The Bertz CT molecular complexity index is 810. The van der Waals surface area contributed by atoms with Crippen molar-refractivity contribution in [3.05, 3.63) is 34.5 Å². The first-order valence-electron chi connectivity index (χ1n) is 8.46. The van der Waals surface area contributed by atoms with Crippen molar-refractivity contribution in [2.45, 2.75) is 13.8 Å². The van der Waals surface area contributed by atoms with Crippen molar-refractivity contribution in [2.75, 3.05) is 38.2 Å². The molecular formula is C17H21N5O4. The Labute approximate surface area is 151 Å². The molecule has 0 aliphatic carbocycles. The Morgan fingerprint density at radius 3 is 2.77 bits per heavy atom. The molecule has 2 aromatic rings. The second kappa shape index (κ2) is 7.52. The zero-order valence-corrected chi connectivity index (χ0v) is 15.0. The van der Waals surface area contributed by atoms with E-state index in [0.717, 1.165) is 19.6 Å². The van der Waals surface area contributed by atoms with Crippen LogP contribution >= 0.6 is 0 Å². The third-order valence-electron chi connectivity index (χ3n) is 4.37. The van der Waals surface area contributed by atoms with Gasteiger partial charge in [-0.2, -0.15) is 5.10 Å². The molecule has 0 spiro atoms. The van der Waals surface area contributed by atoms with Gasteiger partial charge in [0.15, 0.2) is 17.2 Å². The molecule has 0 bridgehead atoms. The third-order valence-corrected chi connectivity index (χ3v) is 4.37. The van der Waals surface area contributed by atoms with E-state index < -0.39 is 4.92 Å². The average molecular weight is 359 g/mol. The van der Waals surface area contributed by atoms with Gasteiger partial charge >= 0.3 is 0 Å². The molecule has 2 heterocycles. The molecule has 26 heavy (non-hydrogen) atoms. The number of hydrogen-bond acceptors (Lipinski definition) is 8. The maximum absolute atomic E-state index is 11.0. The molecule has 0 radical (unpaired) electrons. The van der Waals surface area contributed by atoms with Crippen LogP contribution in [0.5, 0.6) is 17.4 Å². The van der Waals surface area contributed by atoms with E-state index in [1.807, 2.05) is 11.9 Å². The van der Waals surface area contributed by atoms with Gasteiger partial charge in [0.05, 0.1) is 22.9 Å². The van der Waals surface area contributed by atoms with Crippen molar-refractivity contribution in [1.29, 1.82) is 0 Å². The van der Waals surface area contributed by atoms with Crippen molar-refractivity contribution in [1.82, 2.24) is 15.1 Å². The number of rotatable bonds is 7. The summed E-state index contributed by atoms with van der Waals surface area (Å²) >= 11 is 0. The van der Waals surface area contributed by atoms with Gasteiger partial charge in [0.25, 0.3) is 11.6 Å². The lowest BCUT2D eigenvalue weighted by Crippen LogP contribution is -2.28. The molecule has 1 aliphatic rings. The highest BCUT2D eigenvalue weighted by atomic mass is 16.6. The van der Waals surface area contributed by atoms with Crippen LogP contribution in [0.3, 0.4) is 0 Å². The van der Waals surface area contributed by atoms with E-state index in [4.69, 9.17) is 9.47 Å². The summed E-state index contributed by atoms with van der Waals surface area (Å²) < 4.78 is 11.7. The highest BCUT2D eigenvalue weighted by molar-refractivity contribution is 5.80. The summed E-state index contributed by atoms with van der Waals surface area (Å²) in [5.41, 5.74) is 1.32. The molecule has 3 rings (SSSR count). The zero-order chi connectivity index (χ0) is 18.7. The zero-order valence-electron chi connectivity index (χ0n) is 15.0. The van der Waals surface area contributed by atoms with Crippen molar-refractivity contribution in [2.24, 2.45) is 0 Å². The Morgan fingerprint density at radius 1 is 1.31 bits per heavy atom. The van der Waals surface area contributed by atoms with Crippen molar-refractivity contribution in [3.8, 4) is 17.4 Å². The number of likely N-dealkylation sites (N-methyl/N-ethyl adjacent to an activating group) is 1. The van der Waals surface area contributed by atoms with Gasteiger partial charge in [-0.3, -0.25) is 10.1 Å². The number of non-ortho nitro benzene ring substituents is 1. The topological polar surface area (TPSA) is 93.9 Å². The molecule has 0 amide bonds. The quantitative estimate of drug-likeness (QED) is 0.550. The fourth-order valence-corrected chi connectivity index (χ4v) is 2.85. The van der Waals surface area contributed by atoms with Crippen LogP contribution in [0.25, 0.3) is 0 Å². The number of ether oxygens (including phenoxy) is 2. The number of nitro benzene ring substituents is 1. The number of aromatic nitrogens is 2. The van der Waals surface area contributed by atoms with Gasteiger partial charge < -0.3 is 19.3 Å². The fourth-order valence-electron chi connectivity index (χ4n) is 2.85. The van der Waals surface area contributed by atoms with Crippen LogP contribution < -0.4 is 14.4 Å². The molecule has 1 aliphatic heterocycles. The highest BCUT2D eigenvalue weighted by Crippen LogP contribution is 2.49. The summed E-state index contributed by atoms with van der Waals surface area (Å²) in [6.45, 7) is 7.37. The maximum Gasteiger partial charge on any atom is 0.273 e. The van der Waals surface area contributed by atoms with E-state index in [1.54, 1.807) is 6.07 Å². The second-order valence-electron chi connectivity index (χ2n) is 5.81. The van der Waals surface area contributed by atoms with Gasteiger partial charge in [0.1, 0.15) is 6.61 Å². The molecule has 0 N–H and O–H groups in total. The van der Waals surface area contributed by atoms with Gasteiger partial charge in [-0.15, -0.1) is 5.10 Å². The van der Waals surface area contributed by atoms with Crippen molar-refractivity contribution in [3.63, 3.8) is 0 Å². The number of anilines is 2. The normalized spacial score (nSPS) is 12.4. The summed E-state index contributed by atoms with van der Waals surface area (Å²) in [6, 6.07) is 4.49. The molecular weight excluding hydrogens is 338 g/mol. The molecule has 0 fully saturated rings. The summed E-state index contributed by atoms with van der Waals surface area (Å²) in [5.74, 6) is 1.23. The van der Waals surface area contributed by atoms with E-state index in [9.17, 15) is 10.1 Å². The van der Waals surface area contributed by atoms with Crippen LogP contribution in [0.15, 0.2) is 24.4 Å². The highest BCUT2D eigenvalue weighted by Gasteiger charge is 2.28. The van der Waals surface area contributed by atoms with E-state index in [0.29, 0.717) is 35.4 Å². The lowest BCUT2D eigenvalue weighted by Gasteiger charge is -2.29. The van der Waals surface area contributed by atoms with Crippen LogP contribution in [0.2, 0.25) is 0 Å². The van der Waals surface area contributed by atoms with Crippen LogP contribution in [0.4, 0.5) is 17.1 Å². The average Bonchev–Trinajstić information content (AvgIpc) is 2.64. The third kappa shape index (κ3) is 3.38. The minimum absolute atomic E-state index is 0.0293. The fraction of sp³-hybridized carbons (Fsp3) is 0.412.